The van der Waals surface area contributed by atoms with E-state index in [4.69, 9.17) is 9.47 Å². The number of likely N-dealkylation sites (tertiary alicyclic amines) is 1. The lowest BCUT2D eigenvalue weighted by Crippen LogP contribution is -2.69. The standard InChI is InChI=1S/C34H38N2O6S/c1-22(37)41-30-20-29(38)25-19-28-26-13-14-27(35(2)43(39,40)21-24-11-7-4-8-12-24)33-34(26,31(25)32(30)42-33)16-18-36(28)17-15-23-9-5-3-6-10-23/h3-12,20,26-28,33,38H,13-19,21H2,1-2H3/t26-,27+,28+,33-,34-/m0/s1. The lowest BCUT2D eigenvalue weighted by atomic mass is 9.51. The van der Waals surface area contributed by atoms with E-state index in [2.05, 4.69) is 29.2 Å². The monoisotopic (exact) mass is 602 g/mol. The van der Waals surface area contributed by atoms with Crippen molar-refractivity contribution in [1.82, 2.24) is 9.21 Å². The van der Waals surface area contributed by atoms with Gasteiger partial charge in [0.05, 0.1) is 11.8 Å². The number of phenolic OH excluding ortho intramolecular Hbond substituents is 1. The van der Waals surface area contributed by atoms with E-state index in [0.29, 0.717) is 18.6 Å². The Balaban J connectivity index is 1.27. The topological polar surface area (TPSA) is 96.4 Å². The fraction of sp³-hybridized carbons (Fsp3) is 0.441. The summed E-state index contributed by atoms with van der Waals surface area (Å²) in [7, 11) is -1.98. The predicted octanol–water partition coefficient (Wildman–Crippen LogP) is 4.43. The lowest BCUT2D eigenvalue weighted by molar-refractivity contribution is -0.132. The van der Waals surface area contributed by atoms with Crippen LogP contribution in [0.3, 0.4) is 0 Å². The molecule has 0 aromatic heterocycles. The van der Waals surface area contributed by atoms with Crippen molar-refractivity contribution in [1.29, 1.82) is 0 Å². The average molecular weight is 603 g/mol. The number of benzene rings is 3. The molecule has 2 aliphatic carbocycles. The molecule has 9 heteroatoms. The Hall–Kier alpha value is -3.40. The highest BCUT2D eigenvalue weighted by molar-refractivity contribution is 7.88. The van der Waals surface area contributed by atoms with E-state index in [-0.39, 0.29) is 29.2 Å². The number of hydrogen-bond acceptors (Lipinski definition) is 7. The normalized spacial score (nSPS) is 27.4. The third kappa shape index (κ3) is 4.64. The van der Waals surface area contributed by atoms with Crippen LogP contribution in [0.15, 0.2) is 66.7 Å². The number of sulfonamides is 1. The summed E-state index contributed by atoms with van der Waals surface area (Å²) in [5.41, 5.74) is 3.33. The molecular weight excluding hydrogens is 564 g/mol. The van der Waals surface area contributed by atoms with Crippen molar-refractivity contribution < 1.29 is 27.8 Å². The second kappa shape index (κ2) is 10.6. The fourth-order valence-corrected chi connectivity index (χ4v) is 9.99. The molecule has 2 fully saturated rings. The number of phenols is 1. The molecule has 1 N–H and O–H groups in total. The SMILES string of the molecule is CC(=O)Oc1cc(O)c2c3c1O[C@H]1[C@H](N(C)S(=O)(=O)Cc4ccccc4)CC[C@H]4[C@@H](C2)N(CCc2ccccc2)CC[C@@]341. The summed E-state index contributed by atoms with van der Waals surface area (Å²) in [6.07, 6.45) is 3.46. The van der Waals surface area contributed by atoms with Crippen LogP contribution < -0.4 is 9.47 Å². The largest absolute Gasteiger partial charge is 0.508 e. The molecular formula is C34H38N2O6S. The Labute approximate surface area is 253 Å². The number of likely N-dealkylation sites (N-methyl/N-ethyl adjacent to an activating group) is 1. The smallest absolute Gasteiger partial charge is 0.308 e. The van der Waals surface area contributed by atoms with Gasteiger partial charge >= 0.3 is 5.97 Å². The number of esters is 1. The van der Waals surface area contributed by atoms with Crippen LogP contribution in [0.25, 0.3) is 0 Å². The van der Waals surface area contributed by atoms with Gasteiger partial charge in [-0.25, -0.2) is 8.42 Å². The van der Waals surface area contributed by atoms with Crippen LogP contribution in [0.2, 0.25) is 0 Å². The van der Waals surface area contributed by atoms with Crippen LogP contribution in [0.4, 0.5) is 0 Å². The number of nitrogens with zero attached hydrogens (tertiary/aromatic N) is 2. The fourth-order valence-electron chi connectivity index (χ4n) is 8.54. The highest BCUT2D eigenvalue weighted by Gasteiger charge is 2.67. The number of aromatic hydroxyl groups is 1. The van der Waals surface area contributed by atoms with E-state index in [1.54, 1.807) is 7.05 Å². The van der Waals surface area contributed by atoms with Gasteiger partial charge in [0.2, 0.25) is 10.0 Å². The van der Waals surface area contributed by atoms with Gasteiger partial charge in [-0.1, -0.05) is 60.7 Å². The van der Waals surface area contributed by atoms with Crippen molar-refractivity contribution in [2.45, 2.75) is 68.4 Å². The summed E-state index contributed by atoms with van der Waals surface area (Å²) in [6, 6.07) is 21.0. The summed E-state index contributed by atoms with van der Waals surface area (Å²) in [4.78, 5) is 14.6. The average Bonchev–Trinajstić information content (AvgIpc) is 3.33. The third-order valence-electron chi connectivity index (χ3n) is 10.4. The van der Waals surface area contributed by atoms with E-state index in [1.165, 1.54) is 22.9 Å². The van der Waals surface area contributed by atoms with Crippen molar-refractivity contribution in [2.24, 2.45) is 5.92 Å². The first-order valence-electron chi connectivity index (χ1n) is 15.2. The molecule has 4 aliphatic rings. The summed E-state index contributed by atoms with van der Waals surface area (Å²) in [5.74, 6) is 0.465. The van der Waals surface area contributed by atoms with Crippen molar-refractivity contribution in [2.75, 3.05) is 20.1 Å². The number of rotatable bonds is 8. The lowest BCUT2D eigenvalue weighted by Gasteiger charge is -2.60. The minimum absolute atomic E-state index is 0.0858. The Bertz CT molecular complexity index is 1650. The molecule has 0 radical (unpaired) electrons. The number of carbonyl (C=O) groups is 1. The van der Waals surface area contributed by atoms with E-state index in [1.807, 2.05) is 36.4 Å². The zero-order valence-electron chi connectivity index (χ0n) is 24.6. The van der Waals surface area contributed by atoms with Crippen LogP contribution in [0.5, 0.6) is 17.2 Å². The first-order chi connectivity index (χ1) is 20.7. The Kier molecular flexibility index (Phi) is 7.02. The summed E-state index contributed by atoms with van der Waals surface area (Å²) < 4.78 is 41.5. The molecule has 0 unspecified atom stereocenters. The molecule has 2 aliphatic heterocycles. The Morgan fingerprint density at radius 1 is 1.09 bits per heavy atom. The zero-order chi connectivity index (χ0) is 29.9. The van der Waals surface area contributed by atoms with E-state index in [9.17, 15) is 18.3 Å². The second-order valence-electron chi connectivity index (χ2n) is 12.6. The van der Waals surface area contributed by atoms with Gasteiger partial charge < -0.3 is 14.6 Å². The highest BCUT2D eigenvalue weighted by atomic mass is 32.2. The molecule has 226 valence electrons. The first-order valence-corrected chi connectivity index (χ1v) is 16.8. The molecule has 1 saturated carbocycles. The third-order valence-corrected chi connectivity index (χ3v) is 12.2. The van der Waals surface area contributed by atoms with Crippen molar-refractivity contribution in [3.05, 3.63) is 89.0 Å². The van der Waals surface area contributed by atoms with Gasteiger partial charge in [-0.15, -0.1) is 0 Å². The molecule has 43 heavy (non-hydrogen) atoms. The minimum Gasteiger partial charge on any atom is -0.508 e. The molecule has 1 spiro atoms. The number of hydrogen-bond donors (Lipinski definition) is 1. The van der Waals surface area contributed by atoms with Crippen molar-refractivity contribution in [3.63, 3.8) is 0 Å². The van der Waals surface area contributed by atoms with E-state index >= 15 is 0 Å². The molecule has 1 saturated heterocycles. The van der Waals surface area contributed by atoms with Crippen molar-refractivity contribution in [3.8, 4) is 17.2 Å². The first kappa shape index (κ1) is 28.4. The highest BCUT2D eigenvalue weighted by Crippen LogP contribution is 2.65. The molecule has 5 atom stereocenters. The molecule has 7 rings (SSSR count). The molecule has 2 heterocycles. The number of carbonyl (C=O) groups excluding carboxylic acids is 1. The van der Waals surface area contributed by atoms with Crippen LogP contribution >= 0.6 is 0 Å². The maximum Gasteiger partial charge on any atom is 0.308 e. The Morgan fingerprint density at radius 3 is 2.49 bits per heavy atom. The van der Waals surface area contributed by atoms with Crippen LogP contribution in [0, 0.1) is 5.92 Å². The number of ether oxygens (including phenoxy) is 2. The van der Waals surface area contributed by atoms with E-state index < -0.39 is 33.6 Å². The van der Waals surface area contributed by atoms with Crippen LogP contribution in [0.1, 0.15) is 48.4 Å². The molecule has 3 aromatic carbocycles. The van der Waals surface area contributed by atoms with Gasteiger partial charge in [0.15, 0.2) is 11.5 Å². The Morgan fingerprint density at radius 2 is 1.79 bits per heavy atom. The quantitative estimate of drug-likeness (QED) is 0.301. The van der Waals surface area contributed by atoms with Crippen LogP contribution in [-0.2, 0) is 38.8 Å². The molecule has 3 aromatic rings. The second-order valence-corrected chi connectivity index (χ2v) is 14.6. The van der Waals surface area contributed by atoms with Gasteiger partial charge in [-0.3, -0.25) is 9.69 Å². The zero-order valence-corrected chi connectivity index (χ0v) is 25.4. The predicted molar refractivity (Wildman–Crippen MR) is 163 cm³/mol. The maximum absolute atomic E-state index is 13.8. The molecule has 2 bridgehead atoms. The maximum atomic E-state index is 13.8. The summed E-state index contributed by atoms with van der Waals surface area (Å²) in [5, 5.41) is 11.3. The minimum atomic E-state index is -3.66. The molecule has 0 amide bonds. The summed E-state index contributed by atoms with van der Waals surface area (Å²) in [6.45, 7) is 3.09. The van der Waals surface area contributed by atoms with Gasteiger partial charge in [-0.2, -0.15) is 4.31 Å². The summed E-state index contributed by atoms with van der Waals surface area (Å²) >= 11 is 0. The number of piperidine rings is 1. The van der Waals surface area contributed by atoms with Gasteiger partial charge in [-0.05, 0) is 55.7 Å². The van der Waals surface area contributed by atoms with Gasteiger partial charge in [0.1, 0.15) is 11.9 Å². The van der Waals surface area contributed by atoms with E-state index in [0.717, 1.165) is 49.0 Å². The molecule has 8 nitrogen and oxygen atoms in total. The van der Waals surface area contributed by atoms with Crippen LogP contribution in [-0.4, -0.2) is 67.0 Å². The van der Waals surface area contributed by atoms with Crippen molar-refractivity contribution >= 4 is 16.0 Å². The van der Waals surface area contributed by atoms with Gasteiger partial charge in [0, 0.05) is 49.2 Å². The van der Waals surface area contributed by atoms with Gasteiger partial charge in [0.25, 0.3) is 0 Å².